The molecule has 0 amide bonds. The Morgan fingerprint density at radius 2 is 1.07 bits per heavy atom. The zero-order valence-electron chi connectivity index (χ0n) is 32.4. The Labute approximate surface area is 338 Å². The number of carboxylic acid groups (broad SMARTS) is 2. The van der Waals surface area contributed by atoms with E-state index in [0.29, 0.717) is 72.4 Å². The number of aliphatic carboxylic acids is 2. The van der Waals surface area contributed by atoms with E-state index < -0.39 is 11.9 Å². The molecule has 0 radical (unpaired) electrons. The van der Waals surface area contributed by atoms with Crippen LogP contribution in [-0.2, 0) is 35.5 Å². The van der Waals surface area contributed by atoms with Crippen molar-refractivity contribution >= 4 is 35.1 Å². The molecule has 12 heteroatoms. The minimum absolute atomic E-state index is 0.0524. The first-order valence-corrected chi connectivity index (χ1v) is 20.0. The van der Waals surface area contributed by atoms with Gasteiger partial charge in [0.1, 0.15) is 35.2 Å². The van der Waals surface area contributed by atoms with E-state index in [9.17, 15) is 9.59 Å². The van der Waals surface area contributed by atoms with Crippen LogP contribution in [0.25, 0.3) is 11.1 Å². The molecule has 2 aliphatic rings. The van der Waals surface area contributed by atoms with Gasteiger partial charge in [0.05, 0.1) is 36.1 Å². The first kappa shape index (κ1) is 41.2. The van der Waals surface area contributed by atoms with E-state index in [4.69, 9.17) is 52.4 Å². The first-order valence-electron chi connectivity index (χ1n) is 19.2. The number of nitrogens with zero attached hydrogens (tertiary/aromatic N) is 2. The number of ether oxygens (including phenoxy) is 4. The molecule has 4 aromatic carbocycles. The summed E-state index contributed by atoms with van der Waals surface area (Å²) in [7, 11) is 3.75. The number of carbonyl (C=O) groups is 2. The molecule has 0 saturated heterocycles. The second-order valence-electron chi connectivity index (χ2n) is 14.4. The Balaban J connectivity index is 1.21. The third-order valence-electron chi connectivity index (χ3n) is 10.4. The summed E-state index contributed by atoms with van der Waals surface area (Å²) >= 11 is 13.6. The molecule has 2 atom stereocenters. The van der Waals surface area contributed by atoms with Crippen LogP contribution in [0.4, 0.5) is 0 Å². The van der Waals surface area contributed by atoms with Crippen molar-refractivity contribution in [2.24, 2.45) is 0 Å². The standard InChI is InChI=1S/C44H50Cl2N2O8/c1-5-53-39-23-41(35(45)21-27(39)25-47(3)19-17-43(49)50)55-37-15-13-31-29(9-7-11-33(31)37)30-10-8-12-34-32(30)14-16-38(34)56-42-24-40(54-6-2)28(22-36(42)46)26-48(4)20-18-44(51)52/h7-12,21-24,37-38H,5-6,13-20,25-26H2,1-4H3,(H,49,50)(H,51,52)/t37-,38-/m0/s1. The number of fused-ring (bicyclic) bond motifs is 2. The average molecular weight is 806 g/mol. The Hall–Kier alpha value is -4.48. The largest absolute Gasteiger partial charge is 0.493 e. The van der Waals surface area contributed by atoms with E-state index in [1.807, 2.05) is 62.0 Å². The lowest BCUT2D eigenvalue weighted by Gasteiger charge is -2.22. The van der Waals surface area contributed by atoms with Gasteiger partial charge in [-0.3, -0.25) is 9.59 Å². The van der Waals surface area contributed by atoms with Crippen LogP contribution in [0.3, 0.4) is 0 Å². The highest BCUT2D eigenvalue weighted by molar-refractivity contribution is 6.32. The SMILES string of the molecule is CCOc1cc(O[C@H]2CCc3c(-c4cccc5c4CC[C@@H]5Oc4cc(OCC)c(CN(C)CCC(=O)O)cc4Cl)cccc32)c(Cl)cc1CN(C)CCC(=O)O. The second kappa shape index (κ2) is 18.6. The smallest absolute Gasteiger partial charge is 0.304 e. The number of hydrogen-bond donors (Lipinski definition) is 2. The van der Waals surface area contributed by atoms with E-state index in [1.165, 1.54) is 22.3 Å². The molecule has 0 aromatic heterocycles. The quantitative estimate of drug-likeness (QED) is 0.0950. The summed E-state index contributed by atoms with van der Waals surface area (Å²) in [5.74, 6) is 0.781. The highest BCUT2D eigenvalue weighted by atomic mass is 35.5. The molecule has 0 heterocycles. The van der Waals surface area contributed by atoms with Gasteiger partial charge in [0.25, 0.3) is 0 Å². The van der Waals surface area contributed by atoms with Gasteiger partial charge in [0, 0.05) is 49.4 Å². The minimum atomic E-state index is -0.836. The fraction of sp³-hybridized carbons (Fsp3) is 0.409. The Bertz CT molecular complexity index is 1910. The third kappa shape index (κ3) is 9.72. The molecular weight excluding hydrogens is 755 g/mol. The maximum Gasteiger partial charge on any atom is 0.304 e. The lowest BCUT2D eigenvalue weighted by atomic mass is 9.91. The normalized spacial score (nSPS) is 15.9. The predicted octanol–water partition coefficient (Wildman–Crippen LogP) is 9.40. The van der Waals surface area contributed by atoms with Crippen molar-refractivity contribution in [2.75, 3.05) is 40.4 Å². The van der Waals surface area contributed by atoms with Crippen LogP contribution in [0.15, 0.2) is 60.7 Å². The molecule has 0 spiro atoms. The lowest BCUT2D eigenvalue weighted by molar-refractivity contribution is -0.138. The number of hydrogen-bond acceptors (Lipinski definition) is 8. The van der Waals surface area contributed by atoms with Gasteiger partial charge < -0.3 is 39.0 Å². The van der Waals surface area contributed by atoms with Gasteiger partial charge in [0.15, 0.2) is 0 Å². The fourth-order valence-electron chi connectivity index (χ4n) is 7.76. The summed E-state index contributed by atoms with van der Waals surface area (Å²) in [6.45, 7) is 6.60. The highest BCUT2D eigenvalue weighted by Crippen LogP contribution is 2.47. The summed E-state index contributed by atoms with van der Waals surface area (Å²) in [6, 6.07) is 20.3. The lowest BCUT2D eigenvalue weighted by Crippen LogP contribution is -2.21. The van der Waals surface area contributed by atoms with Crippen LogP contribution in [0.1, 0.15) is 85.1 Å². The number of carboxylic acids is 2. The molecule has 0 unspecified atom stereocenters. The second-order valence-corrected chi connectivity index (χ2v) is 15.3. The van der Waals surface area contributed by atoms with Crippen LogP contribution in [0.5, 0.6) is 23.0 Å². The monoisotopic (exact) mass is 804 g/mol. The van der Waals surface area contributed by atoms with E-state index in [1.54, 1.807) is 0 Å². The summed E-state index contributed by atoms with van der Waals surface area (Å²) in [4.78, 5) is 26.0. The van der Waals surface area contributed by atoms with E-state index in [0.717, 1.165) is 47.9 Å². The maximum absolute atomic E-state index is 11.1. The Morgan fingerprint density at radius 1 is 0.661 bits per heavy atom. The zero-order chi connectivity index (χ0) is 39.9. The van der Waals surface area contributed by atoms with Crippen LogP contribution < -0.4 is 18.9 Å². The molecule has 2 N–H and O–H groups in total. The van der Waals surface area contributed by atoms with Crippen molar-refractivity contribution in [1.29, 1.82) is 0 Å². The molecule has 6 rings (SSSR count). The van der Waals surface area contributed by atoms with Gasteiger partial charge in [-0.25, -0.2) is 0 Å². The van der Waals surface area contributed by atoms with Crippen LogP contribution in [0.2, 0.25) is 10.0 Å². The van der Waals surface area contributed by atoms with Crippen molar-refractivity contribution in [1.82, 2.24) is 9.80 Å². The van der Waals surface area contributed by atoms with Crippen molar-refractivity contribution in [3.05, 3.63) is 104 Å². The molecular formula is C44H50Cl2N2O8. The fourth-order valence-corrected chi connectivity index (χ4v) is 8.22. The molecule has 0 bridgehead atoms. The van der Waals surface area contributed by atoms with Crippen molar-refractivity contribution < 1.29 is 38.7 Å². The average Bonchev–Trinajstić information content (AvgIpc) is 3.77. The van der Waals surface area contributed by atoms with Crippen molar-refractivity contribution in [3.63, 3.8) is 0 Å². The minimum Gasteiger partial charge on any atom is -0.493 e. The Morgan fingerprint density at radius 3 is 1.45 bits per heavy atom. The van der Waals surface area contributed by atoms with Gasteiger partial charge in [-0.15, -0.1) is 0 Å². The Kier molecular flexibility index (Phi) is 13.7. The summed E-state index contributed by atoms with van der Waals surface area (Å²) in [6.07, 6.45) is 3.06. The van der Waals surface area contributed by atoms with Crippen LogP contribution >= 0.6 is 23.2 Å². The van der Waals surface area contributed by atoms with Crippen molar-refractivity contribution in [2.45, 2.75) is 77.7 Å². The molecule has 0 saturated carbocycles. The molecule has 0 aliphatic heterocycles. The third-order valence-corrected chi connectivity index (χ3v) is 11.0. The van der Waals surface area contributed by atoms with Crippen LogP contribution in [-0.4, -0.2) is 72.4 Å². The van der Waals surface area contributed by atoms with Crippen LogP contribution in [0, 0.1) is 0 Å². The van der Waals surface area contributed by atoms with Gasteiger partial charge in [-0.1, -0.05) is 59.6 Å². The number of halogens is 2. The highest BCUT2D eigenvalue weighted by Gasteiger charge is 2.32. The van der Waals surface area contributed by atoms with E-state index in [2.05, 4.69) is 36.4 Å². The molecule has 0 fully saturated rings. The molecule has 10 nitrogen and oxygen atoms in total. The molecule has 298 valence electrons. The van der Waals surface area contributed by atoms with Crippen molar-refractivity contribution in [3.8, 4) is 34.1 Å². The zero-order valence-corrected chi connectivity index (χ0v) is 33.9. The maximum atomic E-state index is 11.1. The molecule has 2 aliphatic carbocycles. The summed E-state index contributed by atoms with van der Waals surface area (Å²) in [5.41, 5.74) is 8.95. The number of benzene rings is 4. The predicted molar refractivity (Wildman–Crippen MR) is 218 cm³/mol. The molecule has 4 aromatic rings. The van der Waals surface area contributed by atoms with Gasteiger partial charge in [-0.05, 0) is 99.1 Å². The van der Waals surface area contributed by atoms with Gasteiger partial charge in [-0.2, -0.15) is 0 Å². The van der Waals surface area contributed by atoms with Gasteiger partial charge in [0.2, 0.25) is 0 Å². The topological polar surface area (TPSA) is 118 Å². The summed E-state index contributed by atoms with van der Waals surface area (Å²) in [5, 5.41) is 19.2. The van der Waals surface area contributed by atoms with Gasteiger partial charge >= 0.3 is 11.9 Å². The first-order chi connectivity index (χ1) is 26.9. The molecule has 56 heavy (non-hydrogen) atoms. The summed E-state index contributed by atoms with van der Waals surface area (Å²) < 4.78 is 25.3. The van der Waals surface area contributed by atoms with E-state index >= 15 is 0 Å². The van der Waals surface area contributed by atoms with E-state index in [-0.39, 0.29) is 25.0 Å². The number of rotatable bonds is 19.